The number of pyridine rings is 1. The van der Waals surface area contributed by atoms with Crippen LogP contribution in [0.25, 0.3) is 10.9 Å². The zero-order valence-corrected chi connectivity index (χ0v) is 10.5. The van der Waals surface area contributed by atoms with Crippen LogP contribution in [0.2, 0.25) is 0 Å². The van der Waals surface area contributed by atoms with Crippen LogP contribution in [0.1, 0.15) is 5.56 Å². The Bertz CT molecular complexity index is 707. The fourth-order valence-corrected chi connectivity index (χ4v) is 2.21. The number of para-hydroxylation sites is 1. The predicted molar refractivity (Wildman–Crippen MR) is 71.4 cm³/mol. The molecule has 0 aliphatic heterocycles. The molecule has 0 unspecified atom stereocenters. The summed E-state index contributed by atoms with van der Waals surface area (Å²) >= 11 is 0. The van der Waals surface area contributed by atoms with Crippen LogP contribution in [0.15, 0.2) is 48.9 Å². The molecule has 0 radical (unpaired) electrons. The number of halogens is 1. The van der Waals surface area contributed by atoms with Crippen molar-refractivity contribution in [3.63, 3.8) is 0 Å². The van der Waals surface area contributed by atoms with Crippen molar-refractivity contribution in [1.82, 2.24) is 9.55 Å². The summed E-state index contributed by atoms with van der Waals surface area (Å²) in [6.07, 6.45) is 5.25. The highest BCUT2D eigenvalue weighted by atomic mass is 19.1. The molecule has 0 amide bonds. The Morgan fingerprint density at radius 1 is 1.26 bits per heavy atom. The lowest BCUT2D eigenvalue weighted by Crippen LogP contribution is -1.94. The average Bonchev–Trinajstić information content (AvgIpc) is 2.76. The summed E-state index contributed by atoms with van der Waals surface area (Å²) in [6, 6.07) is 8.75. The summed E-state index contributed by atoms with van der Waals surface area (Å²) in [5.74, 6) is 0.489. The monoisotopic (exact) mass is 256 g/mol. The number of benzene rings is 1. The topological polar surface area (TPSA) is 27.1 Å². The molecule has 1 aromatic carbocycles. The van der Waals surface area contributed by atoms with E-state index in [1.165, 1.54) is 6.07 Å². The molecule has 3 rings (SSSR count). The van der Waals surface area contributed by atoms with Crippen molar-refractivity contribution in [2.75, 3.05) is 0 Å². The van der Waals surface area contributed by atoms with E-state index >= 15 is 0 Å². The lowest BCUT2D eigenvalue weighted by molar-refractivity contribution is 0.306. The van der Waals surface area contributed by atoms with Gasteiger partial charge in [0.2, 0.25) is 0 Å². The van der Waals surface area contributed by atoms with Gasteiger partial charge in [0, 0.05) is 30.4 Å². The Balaban J connectivity index is 1.92. The summed E-state index contributed by atoms with van der Waals surface area (Å²) in [5.41, 5.74) is 1.56. The highest BCUT2D eigenvalue weighted by Gasteiger charge is 2.10. The summed E-state index contributed by atoms with van der Waals surface area (Å²) in [4.78, 5) is 3.99. The molecule has 0 aliphatic carbocycles. The van der Waals surface area contributed by atoms with Crippen molar-refractivity contribution in [2.24, 2.45) is 7.05 Å². The Morgan fingerprint density at radius 2 is 2.16 bits per heavy atom. The van der Waals surface area contributed by atoms with Crippen LogP contribution >= 0.6 is 0 Å². The van der Waals surface area contributed by atoms with E-state index in [0.717, 1.165) is 10.9 Å². The quantitative estimate of drug-likeness (QED) is 0.719. The molecular formula is C15H13FN2O. The highest BCUT2D eigenvalue weighted by Crippen LogP contribution is 2.24. The van der Waals surface area contributed by atoms with Gasteiger partial charge in [-0.1, -0.05) is 12.1 Å². The Kier molecular flexibility index (Phi) is 2.91. The normalized spacial score (nSPS) is 10.8. The minimum atomic E-state index is -0.215. The third-order valence-corrected chi connectivity index (χ3v) is 3.06. The van der Waals surface area contributed by atoms with Crippen LogP contribution in [-0.2, 0) is 13.7 Å². The summed E-state index contributed by atoms with van der Waals surface area (Å²) in [6.45, 7) is 0.395. The fourth-order valence-electron chi connectivity index (χ4n) is 2.21. The number of hydrogen-bond acceptors (Lipinski definition) is 2. The van der Waals surface area contributed by atoms with Gasteiger partial charge in [-0.05, 0) is 18.2 Å². The van der Waals surface area contributed by atoms with Crippen LogP contribution in [0.3, 0.4) is 0 Å². The van der Waals surface area contributed by atoms with Gasteiger partial charge in [0.05, 0.1) is 11.7 Å². The number of aromatic nitrogens is 2. The summed E-state index contributed by atoms with van der Waals surface area (Å²) in [5, 5.41) is 0.881. The van der Waals surface area contributed by atoms with E-state index in [-0.39, 0.29) is 5.82 Å². The van der Waals surface area contributed by atoms with Gasteiger partial charge in [0.25, 0.3) is 0 Å². The zero-order chi connectivity index (χ0) is 13.2. The minimum absolute atomic E-state index is 0.215. The lowest BCUT2D eigenvalue weighted by atomic mass is 10.2. The van der Waals surface area contributed by atoms with Crippen LogP contribution < -0.4 is 4.74 Å². The molecular weight excluding hydrogens is 243 g/mol. The number of fused-ring (bicyclic) bond motifs is 1. The Hall–Kier alpha value is -2.36. The maximum atomic E-state index is 13.8. The van der Waals surface area contributed by atoms with Crippen LogP contribution in [0, 0.1) is 5.82 Å². The molecule has 0 bridgehead atoms. The van der Waals surface area contributed by atoms with E-state index in [0.29, 0.717) is 17.9 Å². The zero-order valence-electron chi connectivity index (χ0n) is 10.5. The first-order valence-corrected chi connectivity index (χ1v) is 6.01. The van der Waals surface area contributed by atoms with Crippen molar-refractivity contribution >= 4 is 10.9 Å². The van der Waals surface area contributed by atoms with Gasteiger partial charge in [0.1, 0.15) is 18.2 Å². The predicted octanol–water partition coefficient (Wildman–Crippen LogP) is 3.29. The molecule has 0 saturated heterocycles. The maximum Gasteiger partial charge on any atom is 0.147 e. The Morgan fingerprint density at radius 3 is 2.95 bits per heavy atom. The molecule has 4 heteroatoms. The lowest BCUT2D eigenvalue weighted by Gasteiger charge is -2.04. The molecule has 3 nitrogen and oxygen atoms in total. The molecule has 0 spiro atoms. The molecule has 19 heavy (non-hydrogen) atoms. The van der Waals surface area contributed by atoms with Crippen LogP contribution in [-0.4, -0.2) is 9.55 Å². The number of ether oxygens (including phenoxy) is 1. The van der Waals surface area contributed by atoms with Crippen LogP contribution in [0.5, 0.6) is 5.75 Å². The standard InChI is InChI=1S/C15H13FN2O/c1-18-9-11(10-19-12-4-3-7-17-8-12)13-5-2-6-14(16)15(13)18/h2-9H,10H2,1H3. The van der Waals surface area contributed by atoms with E-state index in [2.05, 4.69) is 4.98 Å². The first kappa shape index (κ1) is 11.7. The van der Waals surface area contributed by atoms with Crippen LogP contribution in [0.4, 0.5) is 4.39 Å². The molecule has 96 valence electrons. The van der Waals surface area contributed by atoms with E-state index in [9.17, 15) is 4.39 Å². The largest absolute Gasteiger partial charge is 0.487 e. The van der Waals surface area contributed by atoms with Gasteiger partial charge in [-0.25, -0.2) is 4.39 Å². The first-order valence-electron chi connectivity index (χ1n) is 6.01. The van der Waals surface area contributed by atoms with Gasteiger partial charge in [-0.3, -0.25) is 4.98 Å². The van der Waals surface area contributed by atoms with Crippen molar-refractivity contribution in [3.05, 3.63) is 60.3 Å². The molecule has 2 heterocycles. The van der Waals surface area contributed by atoms with Crippen molar-refractivity contribution in [3.8, 4) is 5.75 Å². The second-order valence-corrected chi connectivity index (χ2v) is 4.38. The maximum absolute atomic E-state index is 13.8. The van der Waals surface area contributed by atoms with Gasteiger partial charge < -0.3 is 9.30 Å². The average molecular weight is 256 g/mol. The highest BCUT2D eigenvalue weighted by molar-refractivity contribution is 5.84. The number of nitrogens with zero attached hydrogens (tertiary/aromatic N) is 2. The van der Waals surface area contributed by atoms with Crippen molar-refractivity contribution in [1.29, 1.82) is 0 Å². The third-order valence-electron chi connectivity index (χ3n) is 3.06. The number of aryl methyl sites for hydroxylation is 1. The van der Waals surface area contributed by atoms with Crippen molar-refractivity contribution in [2.45, 2.75) is 6.61 Å². The molecule has 0 saturated carbocycles. The second kappa shape index (κ2) is 4.72. The molecule has 3 aromatic rings. The van der Waals surface area contributed by atoms with E-state index in [4.69, 9.17) is 4.74 Å². The molecule has 0 atom stereocenters. The fraction of sp³-hybridized carbons (Fsp3) is 0.133. The van der Waals surface area contributed by atoms with Crippen molar-refractivity contribution < 1.29 is 9.13 Å². The Labute approximate surface area is 110 Å². The van der Waals surface area contributed by atoms with E-state index in [1.807, 2.05) is 31.4 Å². The first-order chi connectivity index (χ1) is 9.25. The second-order valence-electron chi connectivity index (χ2n) is 4.38. The minimum Gasteiger partial charge on any atom is -0.487 e. The number of hydrogen-bond donors (Lipinski definition) is 0. The smallest absolute Gasteiger partial charge is 0.147 e. The number of rotatable bonds is 3. The van der Waals surface area contributed by atoms with Gasteiger partial charge in [0.15, 0.2) is 0 Å². The molecule has 0 N–H and O–H groups in total. The SMILES string of the molecule is Cn1cc(COc2cccnc2)c2cccc(F)c21. The van der Waals surface area contributed by atoms with Gasteiger partial charge in [-0.2, -0.15) is 0 Å². The molecule has 0 aliphatic rings. The van der Waals surface area contributed by atoms with E-state index in [1.54, 1.807) is 23.0 Å². The van der Waals surface area contributed by atoms with E-state index < -0.39 is 0 Å². The van der Waals surface area contributed by atoms with Gasteiger partial charge in [-0.15, -0.1) is 0 Å². The molecule has 2 aromatic heterocycles. The van der Waals surface area contributed by atoms with Gasteiger partial charge >= 0.3 is 0 Å². The summed E-state index contributed by atoms with van der Waals surface area (Å²) in [7, 11) is 1.83. The molecule has 0 fully saturated rings. The third kappa shape index (κ3) is 2.17. The summed E-state index contributed by atoms with van der Waals surface area (Å²) < 4.78 is 21.2.